The van der Waals surface area contributed by atoms with E-state index >= 15 is 0 Å². The van der Waals surface area contributed by atoms with Gasteiger partial charge in [-0.05, 0) is 26.3 Å². The van der Waals surface area contributed by atoms with E-state index < -0.39 is 0 Å². The van der Waals surface area contributed by atoms with E-state index in [-0.39, 0.29) is 5.62 Å². The molecular weight excluding hydrogens is 208 g/mol. The van der Waals surface area contributed by atoms with Gasteiger partial charge in [0.25, 0.3) is 0 Å². The van der Waals surface area contributed by atoms with Gasteiger partial charge in [-0.15, -0.1) is 0 Å². The van der Waals surface area contributed by atoms with Crippen molar-refractivity contribution >= 4 is 11.8 Å². The molecule has 0 amide bonds. The van der Waals surface area contributed by atoms with Crippen molar-refractivity contribution in [3.63, 3.8) is 0 Å². The Labute approximate surface area is 95.0 Å². The number of aryl methyl sites for hydroxylation is 2. The molecule has 3 heteroatoms. The zero-order chi connectivity index (χ0) is 10.8. The maximum absolute atomic E-state index is 5.80. The van der Waals surface area contributed by atoms with E-state index in [1.807, 2.05) is 6.92 Å². The highest BCUT2D eigenvalue weighted by Crippen LogP contribution is 2.36. The highest BCUT2D eigenvalue weighted by molar-refractivity contribution is 7.98. The van der Waals surface area contributed by atoms with Crippen molar-refractivity contribution in [1.29, 1.82) is 0 Å². The number of fused-ring (bicyclic) bond motifs is 1. The molecule has 1 aromatic carbocycles. The Morgan fingerprint density at radius 3 is 3.00 bits per heavy atom. The van der Waals surface area contributed by atoms with Crippen LogP contribution < -0.4 is 4.74 Å². The third kappa shape index (κ3) is 2.29. The molecule has 0 saturated heterocycles. The summed E-state index contributed by atoms with van der Waals surface area (Å²) < 4.78 is 11.3. The first-order valence-corrected chi connectivity index (χ1v) is 6.25. The van der Waals surface area contributed by atoms with Gasteiger partial charge in [0.1, 0.15) is 5.75 Å². The van der Waals surface area contributed by atoms with Gasteiger partial charge >= 0.3 is 0 Å². The van der Waals surface area contributed by atoms with Gasteiger partial charge in [-0.25, -0.2) is 0 Å². The Morgan fingerprint density at radius 2 is 2.27 bits per heavy atom. The van der Waals surface area contributed by atoms with Gasteiger partial charge < -0.3 is 9.47 Å². The molecule has 0 fully saturated rings. The molecule has 0 saturated carbocycles. The molecule has 0 aromatic heterocycles. The minimum Gasteiger partial charge on any atom is -0.455 e. The summed E-state index contributed by atoms with van der Waals surface area (Å²) in [5.74, 6) is 1.99. The van der Waals surface area contributed by atoms with Gasteiger partial charge in [0.2, 0.25) is 5.62 Å². The van der Waals surface area contributed by atoms with E-state index in [0.29, 0.717) is 6.61 Å². The van der Waals surface area contributed by atoms with Crippen molar-refractivity contribution in [1.82, 2.24) is 0 Å². The van der Waals surface area contributed by atoms with Crippen molar-refractivity contribution in [2.75, 3.05) is 6.61 Å². The van der Waals surface area contributed by atoms with E-state index in [2.05, 4.69) is 26.0 Å². The van der Waals surface area contributed by atoms with Crippen molar-refractivity contribution in [3.05, 3.63) is 28.8 Å². The molecule has 1 aliphatic rings. The van der Waals surface area contributed by atoms with E-state index in [1.165, 1.54) is 16.7 Å². The Hall–Kier alpha value is -0.670. The summed E-state index contributed by atoms with van der Waals surface area (Å²) in [6, 6.07) is 4.34. The average Bonchev–Trinajstić information content (AvgIpc) is 2.19. The quantitative estimate of drug-likeness (QED) is 0.768. The number of hydrogen-bond donors (Lipinski definition) is 0. The normalized spacial score (nSPS) is 19.5. The van der Waals surface area contributed by atoms with E-state index in [9.17, 15) is 0 Å². The van der Waals surface area contributed by atoms with Gasteiger partial charge in [-0.2, -0.15) is 0 Å². The molecule has 1 atom stereocenters. The van der Waals surface area contributed by atoms with Crippen LogP contribution in [-0.4, -0.2) is 12.2 Å². The highest BCUT2D eigenvalue weighted by atomic mass is 32.2. The molecule has 0 bridgehead atoms. The maximum atomic E-state index is 5.80. The molecule has 2 nitrogen and oxygen atoms in total. The summed E-state index contributed by atoms with van der Waals surface area (Å²) in [7, 11) is 0. The molecule has 1 heterocycles. The topological polar surface area (TPSA) is 18.5 Å². The lowest BCUT2D eigenvalue weighted by Gasteiger charge is -2.26. The Kier molecular flexibility index (Phi) is 3.22. The predicted octanol–water partition coefficient (Wildman–Crippen LogP) is 3.25. The second kappa shape index (κ2) is 4.45. The van der Waals surface area contributed by atoms with Crippen molar-refractivity contribution in [2.45, 2.75) is 32.1 Å². The number of hydrogen-bond acceptors (Lipinski definition) is 3. The Morgan fingerprint density at radius 1 is 1.47 bits per heavy atom. The third-order valence-electron chi connectivity index (χ3n) is 2.39. The first-order chi connectivity index (χ1) is 7.20. The molecule has 1 aromatic rings. The predicted molar refractivity (Wildman–Crippen MR) is 63.3 cm³/mol. The minimum absolute atomic E-state index is 0.135. The molecule has 0 aliphatic carbocycles. The van der Waals surface area contributed by atoms with Crippen molar-refractivity contribution in [2.24, 2.45) is 0 Å². The van der Waals surface area contributed by atoms with Crippen LogP contribution in [0.3, 0.4) is 0 Å². The first-order valence-electron chi connectivity index (χ1n) is 5.20. The van der Waals surface area contributed by atoms with Crippen LogP contribution in [0.25, 0.3) is 0 Å². The minimum atomic E-state index is -0.135. The molecule has 82 valence electrons. The monoisotopic (exact) mass is 224 g/mol. The van der Waals surface area contributed by atoms with E-state index in [0.717, 1.165) is 11.5 Å². The zero-order valence-corrected chi connectivity index (χ0v) is 10.2. The zero-order valence-electron chi connectivity index (χ0n) is 9.37. The summed E-state index contributed by atoms with van der Waals surface area (Å²) in [6.07, 6.45) is 0. The summed E-state index contributed by atoms with van der Waals surface area (Å²) in [5, 5.41) is 0. The smallest absolute Gasteiger partial charge is 0.250 e. The molecule has 15 heavy (non-hydrogen) atoms. The van der Waals surface area contributed by atoms with Gasteiger partial charge in [0, 0.05) is 17.9 Å². The van der Waals surface area contributed by atoms with Gasteiger partial charge in [0.05, 0.1) is 0 Å². The van der Waals surface area contributed by atoms with Gasteiger partial charge in [0.15, 0.2) is 0 Å². The number of ether oxygens (including phenoxy) is 2. The summed E-state index contributed by atoms with van der Waals surface area (Å²) in [6.45, 7) is 6.89. The Bertz CT molecular complexity index is 363. The lowest BCUT2D eigenvalue weighted by Crippen LogP contribution is -2.21. The maximum Gasteiger partial charge on any atom is 0.250 e. The Balaban J connectivity index is 2.25. The van der Waals surface area contributed by atoms with Crippen LogP contribution in [0.4, 0.5) is 0 Å². The second-order valence-corrected chi connectivity index (χ2v) is 4.75. The molecular formula is C12H16O2S. The van der Waals surface area contributed by atoms with Crippen LogP contribution in [-0.2, 0) is 10.5 Å². The summed E-state index contributed by atoms with van der Waals surface area (Å²) >= 11 is 1.70. The largest absolute Gasteiger partial charge is 0.455 e. The fourth-order valence-corrected chi connectivity index (χ4v) is 2.75. The fraction of sp³-hybridized carbons (Fsp3) is 0.500. The van der Waals surface area contributed by atoms with Crippen molar-refractivity contribution in [3.8, 4) is 5.75 Å². The van der Waals surface area contributed by atoms with Crippen LogP contribution in [0.15, 0.2) is 12.1 Å². The highest BCUT2D eigenvalue weighted by Gasteiger charge is 2.21. The standard InChI is InChI=1S/C12H16O2S/c1-4-13-12-14-11-9(3)5-8(2)6-10(11)7-15-12/h5-6,12H,4,7H2,1-3H3. The molecule has 0 spiro atoms. The molecule has 1 unspecified atom stereocenters. The van der Waals surface area contributed by atoms with Crippen LogP contribution in [0, 0.1) is 13.8 Å². The number of benzene rings is 1. The van der Waals surface area contributed by atoms with E-state index in [1.54, 1.807) is 11.8 Å². The SMILES string of the molecule is CCOC1Oc2c(C)cc(C)cc2CS1. The lowest BCUT2D eigenvalue weighted by molar-refractivity contribution is -0.0112. The van der Waals surface area contributed by atoms with Crippen LogP contribution in [0.1, 0.15) is 23.6 Å². The van der Waals surface area contributed by atoms with Crippen molar-refractivity contribution < 1.29 is 9.47 Å². The molecule has 1 aliphatic heterocycles. The fourth-order valence-electron chi connectivity index (χ4n) is 1.82. The van der Waals surface area contributed by atoms with Crippen LogP contribution >= 0.6 is 11.8 Å². The summed E-state index contributed by atoms with van der Waals surface area (Å²) in [4.78, 5) is 0. The van der Waals surface area contributed by atoms with Gasteiger partial charge in [-0.3, -0.25) is 0 Å². The first kappa shape index (κ1) is 10.8. The lowest BCUT2D eigenvalue weighted by atomic mass is 10.1. The number of rotatable bonds is 2. The molecule has 0 radical (unpaired) electrons. The van der Waals surface area contributed by atoms with Crippen LogP contribution in [0.5, 0.6) is 5.75 Å². The second-order valence-electron chi connectivity index (χ2n) is 3.74. The van der Waals surface area contributed by atoms with Crippen LogP contribution in [0.2, 0.25) is 0 Å². The van der Waals surface area contributed by atoms with Gasteiger partial charge in [-0.1, -0.05) is 29.5 Å². The number of thioether (sulfide) groups is 1. The summed E-state index contributed by atoms with van der Waals surface area (Å²) in [5.41, 5.74) is 3.65. The van der Waals surface area contributed by atoms with E-state index in [4.69, 9.17) is 9.47 Å². The third-order valence-corrected chi connectivity index (χ3v) is 3.37. The molecule has 0 N–H and O–H groups in total. The average molecular weight is 224 g/mol. The molecule has 2 rings (SSSR count).